The lowest BCUT2D eigenvalue weighted by molar-refractivity contribution is 0.669. The number of nitrogens with zero attached hydrogens (tertiary/aromatic N) is 1. The second-order valence-electron chi connectivity index (χ2n) is 17.2. The fraction of sp³-hybridized carbons (Fsp3) is 0. The van der Waals surface area contributed by atoms with Crippen molar-refractivity contribution in [2.75, 3.05) is 4.90 Å². The molecule has 0 fully saturated rings. The highest BCUT2D eigenvalue weighted by Crippen LogP contribution is 2.49. The van der Waals surface area contributed by atoms with Crippen LogP contribution in [0.2, 0.25) is 0 Å². The zero-order valence-corrected chi connectivity index (χ0v) is 36.4. The van der Waals surface area contributed by atoms with Gasteiger partial charge < -0.3 is 13.7 Å². The summed E-state index contributed by atoms with van der Waals surface area (Å²) in [5.41, 5.74) is 17.8. The SMILES string of the molecule is c1ccc(-c2ccc(N(c3ccc(-c4ccc5ccccc5c4)cc3)c3ccc(-c4cccc(-c5ccc6c(c5)oc5ccccc56)c4)c4oc5ccccc5c34)c(-c3ccccc3)c2)cc1. The predicted octanol–water partition coefficient (Wildman–Crippen LogP) is 18.4. The standard InChI is InChI=1S/C64H41NO2/c1-3-14-42(15-4-1)49-31-36-58(57(40-49)45-17-5-2-6-18-45)65(52-32-28-44(29-33-52)48-27-26-43-16-7-8-19-46(43)38-48)59-37-35-53(64-63(59)56-23-10-12-25-61(56)67-64)51-21-13-20-47(39-51)50-30-34-55-54-22-9-11-24-60(54)66-62(55)41-50/h1-41H. The molecule has 3 nitrogen and oxygen atoms in total. The van der Waals surface area contributed by atoms with Crippen molar-refractivity contribution >= 4 is 71.7 Å². The van der Waals surface area contributed by atoms with E-state index in [0.717, 1.165) is 105 Å². The Morgan fingerprint density at radius 2 is 0.821 bits per heavy atom. The van der Waals surface area contributed by atoms with Crippen LogP contribution in [0.4, 0.5) is 17.1 Å². The van der Waals surface area contributed by atoms with E-state index in [-0.39, 0.29) is 0 Å². The molecule has 11 aromatic carbocycles. The summed E-state index contributed by atoms with van der Waals surface area (Å²) in [4.78, 5) is 2.42. The number of furan rings is 2. The first kappa shape index (κ1) is 38.5. The van der Waals surface area contributed by atoms with Crippen molar-refractivity contribution in [3.05, 3.63) is 249 Å². The Hall–Kier alpha value is -8.92. The molecule has 0 amide bonds. The Morgan fingerprint density at radius 3 is 1.64 bits per heavy atom. The van der Waals surface area contributed by atoms with Crippen molar-refractivity contribution < 1.29 is 8.83 Å². The van der Waals surface area contributed by atoms with Gasteiger partial charge in [0.25, 0.3) is 0 Å². The molecule has 13 rings (SSSR count). The first-order chi connectivity index (χ1) is 33.2. The second kappa shape index (κ2) is 16.0. The predicted molar refractivity (Wildman–Crippen MR) is 280 cm³/mol. The third kappa shape index (κ3) is 6.76. The van der Waals surface area contributed by atoms with Gasteiger partial charge in [0, 0.05) is 33.0 Å². The van der Waals surface area contributed by atoms with E-state index < -0.39 is 0 Å². The summed E-state index contributed by atoms with van der Waals surface area (Å²) in [6, 6.07) is 89.0. The fourth-order valence-electron chi connectivity index (χ4n) is 9.97. The highest BCUT2D eigenvalue weighted by atomic mass is 16.3. The molecule has 2 heterocycles. The molecular weight excluding hydrogens is 815 g/mol. The number of hydrogen-bond acceptors (Lipinski definition) is 3. The monoisotopic (exact) mass is 855 g/mol. The largest absolute Gasteiger partial charge is 0.456 e. The van der Waals surface area contributed by atoms with Crippen molar-refractivity contribution in [2.45, 2.75) is 0 Å². The van der Waals surface area contributed by atoms with Gasteiger partial charge in [-0.05, 0) is 128 Å². The van der Waals surface area contributed by atoms with Crippen LogP contribution in [0.25, 0.3) is 110 Å². The molecule has 3 heteroatoms. The number of benzene rings is 11. The van der Waals surface area contributed by atoms with Gasteiger partial charge in [-0.3, -0.25) is 0 Å². The molecular formula is C64H41NO2. The quantitative estimate of drug-likeness (QED) is 0.152. The van der Waals surface area contributed by atoms with Crippen molar-refractivity contribution in [1.82, 2.24) is 0 Å². The van der Waals surface area contributed by atoms with E-state index >= 15 is 0 Å². The number of hydrogen-bond donors (Lipinski definition) is 0. The number of rotatable bonds is 8. The van der Waals surface area contributed by atoms with E-state index in [2.05, 4.69) is 241 Å². The summed E-state index contributed by atoms with van der Waals surface area (Å²) in [6.07, 6.45) is 0. The molecule has 0 saturated carbocycles. The molecule has 0 bridgehead atoms. The first-order valence-corrected chi connectivity index (χ1v) is 22.8. The van der Waals surface area contributed by atoms with Crippen LogP contribution >= 0.6 is 0 Å². The maximum atomic E-state index is 7.00. The average Bonchev–Trinajstić information content (AvgIpc) is 3.98. The van der Waals surface area contributed by atoms with Crippen LogP contribution in [0.1, 0.15) is 0 Å². The minimum Gasteiger partial charge on any atom is -0.456 e. The summed E-state index contributed by atoms with van der Waals surface area (Å²) in [5, 5.41) is 6.81. The molecule has 13 aromatic rings. The smallest absolute Gasteiger partial charge is 0.145 e. The molecule has 0 spiro atoms. The molecule has 0 aliphatic heterocycles. The molecule has 0 saturated heterocycles. The fourth-order valence-corrected chi connectivity index (χ4v) is 9.97. The number of anilines is 3. The van der Waals surface area contributed by atoms with E-state index in [1.807, 2.05) is 12.1 Å². The molecule has 0 unspecified atom stereocenters. The van der Waals surface area contributed by atoms with Crippen LogP contribution < -0.4 is 4.90 Å². The zero-order valence-electron chi connectivity index (χ0n) is 36.4. The van der Waals surface area contributed by atoms with E-state index in [0.29, 0.717) is 0 Å². The van der Waals surface area contributed by atoms with Crippen LogP contribution in [0, 0.1) is 0 Å². The van der Waals surface area contributed by atoms with Crippen LogP contribution in [-0.2, 0) is 0 Å². The maximum absolute atomic E-state index is 7.00. The Balaban J connectivity index is 1.01. The summed E-state index contributed by atoms with van der Waals surface area (Å²) in [6.45, 7) is 0. The lowest BCUT2D eigenvalue weighted by atomic mass is 9.94. The highest BCUT2D eigenvalue weighted by molar-refractivity contribution is 6.17. The van der Waals surface area contributed by atoms with E-state index in [1.54, 1.807) is 0 Å². The molecule has 0 atom stereocenters. The second-order valence-corrected chi connectivity index (χ2v) is 17.2. The molecule has 314 valence electrons. The first-order valence-electron chi connectivity index (χ1n) is 22.8. The van der Waals surface area contributed by atoms with Crippen LogP contribution in [0.3, 0.4) is 0 Å². The summed E-state index contributed by atoms with van der Waals surface area (Å²) < 4.78 is 13.3. The van der Waals surface area contributed by atoms with Gasteiger partial charge in [0.1, 0.15) is 22.3 Å². The van der Waals surface area contributed by atoms with Gasteiger partial charge in [0.2, 0.25) is 0 Å². The van der Waals surface area contributed by atoms with Gasteiger partial charge in [0.15, 0.2) is 0 Å². The average molecular weight is 856 g/mol. The van der Waals surface area contributed by atoms with E-state index in [4.69, 9.17) is 8.83 Å². The Kier molecular flexibility index (Phi) is 9.17. The Labute approximate surface area is 388 Å². The third-order valence-electron chi connectivity index (χ3n) is 13.3. The van der Waals surface area contributed by atoms with Gasteiger partial charge >= 0.3 is 0 Å². The molecule has 0 aliphatic rings. The van der Waals surface area contributed by atoms with E-state index in [1.165, 1.54) is 21.9 Å². The highest BCUT2D eigenvalue weighted by Gasteiger charge is 2.25. The van der Waals surface area contributed by atoms with Crippen LogP contribution in [0.15, 0.2) is 258 Å². The molecule has 0 radical (unpaired) electrons. The minimum absolute atomic E-state index is 0.837. The van der Waals surface area contributed by atoms with Gasteiger partial charge in [-0.15, -0.1) is 0 Å². The lowest BCUT2D eigenvalue weighted by Gasteiger charge is -2.29. The summed E-state index contributed by atoms with van der Waals surface area (Å²) in [7, 11) is 0. The molecule has 0 N–H and O–H groups in total. The maximum Gasteiger partial charge on any atom is 0.145 e. The van der Waals surface area contributed by atoms with Crippen molar-refractivity contribution in [3.8, 4) is 55.6 Å². The Morgan fingerprint density at radius 1 is 0.269 bits per heavy atom. The van der Waals surface area contributed by atoms with E-state index in [9.17, 15) is 0 Å². The molecule has 0 aliphatic carbocycles. The molecule has 2 aromatic heterocycles. The summed E-state index contributed by atoms with van der Waals surface area (Å²) >= 11 is 0. The zero-order chi connectivity index (χ0) is 44.3. The third-order valence-corrected chi connectivity index (χ3v) is 13.3. The number of para-hydroxylation sites is 2. The van der Waals surface area contributed by atoms with Gasteiger partial charge in [-0.1, -0.05) is 176 Å². The van der Waals surface area contributed by atoms with Gasteiger partial charge in [0.05, 0.1) is 16.8 Å². The van der Waals surface area contributed by atoms with Crippen LogP contribution in [0.5, 0.6) is 0 Å². The van der Waals surface area contributed by atoms with Crippen molar-refractivity contribution in [2.24, 2.45) is 0 Å². The van der Waals surface area contributed by atoms with Crippen molar-refractivity contribution in [1.29, 1.82) is 0 Å². The molecule has 67 heavy (non-hydrogen) atoms. The normalized spacial score (nSPS) is 11.6. The van der Waals surface area contributed by atoms with Crippen molar-refractivity contribution in [3.63, 3.8) is 0 Å². The summed E-state index contributed by atoms with van der Waals surface area (Å²) in [5.74, 6) is 0. The van der Waals surface area contributed by atoms with Crippen LogP contribution in [-0.4, -0.2) is 0 Å². The topological polar surface area (TPSA) is 29.5 Å². The van der Waals surface area contributed by atoms with Gasteiger partial charge in [-0.2, -0.15) is 0 Å². The number of fused-ring (bicyclic) bond motifs is 7. The van der Waals surface area contributed by atoms with Gasteiger partial charge in [-0.25, -0.2) is 0 Å². The minimum atomic E-state index is 0.837. The lowest BCUT2D eigenvalue weighted by Crippen LogP contribution is -2.12. The Bertz CT molecular complexity index is 3980.